The molecule has 0 fully saturated rings. The monoisotopic (exact) mass is 425 g/mol. The second-order valence-corrected chi connectivity index (χ2v) is 8.18. The second kappa shape index (κ2) is 7.59. The van der Waals surface area contributed by atoms with Crippen molar-refractivity contribution in [3.05, 3.63) is 66.0 Å². The lowest BCUT2D eigenvalue weighted by Crippen LogP contribution is -2.14. The molecule has 0 atom stereocenters. The standard InChI is InChI=1S/C19H19N7O3S/c1-12-19(13(2)24-23-12)30(27,28)25-15-5-7-16(8-6-15)29-18-11-17(21-14(3)22-18)26-10-4-9-20-26/h4-11,25H,1-3H3,(H,23,24). The first-order valence-corrected chi connectivity index (χ1v) is 10.5. The van der Waals surface area contributed by atoms with Crippen molar-refractivity contribution >= 4 is 15.7 Å². The van der Waals surface area contributed by atoms with Gasteiger partial charge in [-0.1, -0.05) is 0 Å². The van der Waals surface area contributed by atoms with Crippen LogP contribution in [-0.2, 0) is 10.0 Å². The van der Waals surface area contributed by atoms with Gasteiger partial charge in [0.05, 0.1) is 11.4 Å². The van der Waals surface area contributed by atoms with Gasteiger partial charge in [0.25, 0.3) is 10.0 Å². The number of hydrogen-bond donors (Lipinski definition) is 2. The molecule has 0 aliphatic carbocycles. The summed E-state index contributed by atoms with van der Waals surface area (Å²) in [4.78, 5) is 8.76. The lowest BCUT2D eigenvalue weighted by atomic mass is 10.3. The van der Waals surface area contributed by atoms with Crippen molar-refractivity contribution in [1.82, 2.24) is 29.9 Å². The number of aryl methyl sites for hydroxylation is 3. The molecule has 0 saturated heterocycles. The first-order chi connectivity index (χ1) is 14.3. The van der Waals surface area contributed by atoms with Gasteiger partial charge in [0.15, 0.2) is 5.82 Å². The molecule has 0 bridgehead atoms. The maximum Gasteiger partial charge on any atom is 0.265 e. The number of sulfonamides is 1. The van der Waals surface area contributed by atoms with Crippen molar-refractivity contribution < 1.29 is 13.2 Å². The highest BCUT2D eigenvalue weighted by atomic mass is 32.2. The summed E-state index contributed by atoms with van der Waals surface area (Å²) in [7, 11) is -3.75. The minimum absolute atomic E-state index is 0.144. The molecule has 4 rings (SSSR count). The van der Waals surface area contributed by atoms with Gasteiger partial charge in [-0.25, -0.2) is 18.1 Å². The Morgan fingerprint density at radius 3 is 2.50 bits per heavy atom. The lowest BCUT2D eigenvalue weighted by molar-refractivity contribution is 0.459. The van der Waals surface area contributed by atoms with Crippen molar-refractivity contribution in [2.45, 2.75) is 25.7 Å². The number of hydrogen-bond acceptors (Lipinski definition) is 7. The molecule has 0 aliphatic heterocycles. The number of aromatic amines is 1. The molecule has 0 spiro atoms. The predicted octanol–water partition coefficient (Wildman–Crippen LogP) is 2.90. The molecule has 0 aliphatic rings. The summed E-state index contributed by atoms with van der Waals surface area (Å²) in [5, 5.41) is 10.8. The Balaban J connectivity index is 1.52. The summed E-state index contributed by atoms with van der Waals surface area (Å²) in [6.07, 6.45) is 3.43. The highest BCUT2D eigenvalue weighted by Gasteiger charge is 2.22. The highest BCUT2D eigenvalue weighted by molar-refractivity contribution is 7.92. The van der Waals surface area contributed by atoms with Crippen LogP contribution in [0.2, 0.25) is 0 Å². The van der Waals surface area contributed by atoms with Gasteiger partial charge in [-0.05, 0) is 51.1 Å². The summed E-state index contributed by atoms with van der Waals surface area (Å²) in [5.74, 6) is 1.97. The number of nitrogens with one attached hydrogen (secondary N) is 2. The normalized spacial score (nSPS) is 11.4. The maximum atomic E-state index is 12.6. The minimum atomic E-state index is -3.75. The van der Waals surface area contributed by atoms with E-state index in [2.05, 4.69) is 30.0 Å². The number of anilines is 1. The van der Waals surface area contributed by atoms with Crippen LogP contribution in [0.25, 0.3) is 5.82 Å². The van der Waals surface area contributed by atoms with E-state index in [0.29, 0.717) is 40.3 Å². The van der Waals surface area contributed by atoms with Gasteiger partial charge >= 0.3 is 0 Å². The van der Waals surface area contributed by atoms with Crippen molar-refractivity contribution in [3.8, 4) is 17.4 Å². The van der Waals surface area contributed by atoms with E-state index in [1.54, 1.807) is 74.2 Å². The molecule has 0 radical (unpaired) electrons. The fourth-order valence-corrected chi connectivity index (χ4v) is 4.39. The SMILES string of the molecule is Cc1nc(Oc2ccc(NS(=O)(=O)c3c(C)n[nH]c3C)cc2)cc(-n2cccn2)n1. The fourth-order valence-electron chi connectivity index (χ4n) is 2.95. The largest absolute Gasteiger partial charge is 0.439 e. The molecular weight excluding hydrogens is 406 g/mol. The zero-order valence-electron chi connectivity index (χ0n) is 16.5. The summed E-state index contributed by atoms with van der Waals surface area (Å²) >= 11 is 0. The van der Waals surface area contributed by atoms with E-state index in [9.17, 15) is 8.42 Å². The van der Waals surface area contributed by atoms with E-state index in [1.165, 1.54) is 0 Å². The first-order valence-electron chi connectivity index (χ1n) is 9.00. The number of rotatable bonds is 6. The number of aromatic nitrogens is 6. The van der Waals surface area contributed by atoms with Crippen molar-refractivity contribution in [1.29, 1.82) is 0 Å². The molecule has 0 saturated carbocycles. The molecule has 4 aromatic rings. The Labute approximate surface area is 173 Å². The molecule has 1 aromatic carbocycles. The van der Waals surface area contributed by atoms with Crippen LogP contribution in [0.1, 0.15) is 17.2 Å². The summed E-state index contributed by atoms with van der Waals surface area (Å²) < 4.78 is 35.2. The fraction of sp³-hybridized carbons (Fsp3) is 0.158. The average molecular weight is 425 g/mol. The number of ether oxygens (including phenoxy) is 1. The Bertz CT molecular complexity index is 1260. The summed E-state index contributed by atoms with van der Waals surface area (Å²) in [6.45, 7) is 5.06. The zero-order valence-corrected chi connectivity index (χ0v) is 17.3. The summed E-state index contributed by atoms with van der Waals surface area (Å²) in [6, 6.07) is 9.99. The average Bonchev–Trinajstić information content (AvgIpc) is 3.33. The smallest absolute Gasteiger partial charge is 0.265 e. The number of nitrogens with zero attached hydrogens (tertiary/aromatic N) is 5. The van der Waals surface area contributed by atoms with Crippen LogP contribution in [0.3, 0.4) is 0 Å². The third-order valence-electron chi connectivity index (χ3n) is 4.20. The van der Waals surface area contributed by atoms with Gasteiger partial charge < -0.3 is 4.74 Å². The molecule has 3 aromatic heterocycles. The molecule has 3 heterocycles. The third-order valence-corrected chi connectivity index (χ3v) is 5.84. The molecule has 0 unspecified atom stereocenters. The van der Waals surface area contributed by atoms with E-state index in [-0.39, 0.29) is 4.90 Å². The van der Waals surface area contributed by atoms with Crippen molar-refractivity contribution in [2.24, 2.45) is 0 Å². The van der Waals surface area contributed by atoms with Crippen LogP contribution in [0.4, 0.5) is 5.69 Å². The van der Waals surface area contributed by atoms with Crippen molar-refractivity contribution in [3.63, 3.8) is 0 Å². The Morgan fingerprint density at radius 1 is 1.10 bits per heavy atom. The van der Waals surface area contributed by atoms with Crippen molar-refractivity contribution in [2.75, 3.05) is 4.72 Å². The molecular formula is C19H19N7O3S. The van der Waals surface area contributed by atoms with Gasteiger partial charge in [0.2, 0.25) is 5.88 Å². The number of H-pyrrole nitrogens is 1. The topological polar surface area (TPSA) is 128 Å². The van der Waals surface area contributed by atoms with Gasteiger partial charge in [-0.3, -0.25) is 9.82 Å². The van der Waals surface area contributed by atoms with Crippen LogP contribution in [0, 0.1) is 20.8 Å². The molecule has 30 heavy (non-hydrogen) atoms. The zero-order chi connectivity index (χ0) is 21.3. The lowest BCUT2D eigenvalue weighted by Gasteiger charge is -2.10. The second-order valence-electron chi connectivity index (χ2n) is 6.56. The van der Waals surface area contributed by atoms with Gasteiger partial charge in [-0.15, -0.1) is 0 Å². The van der Waals surface area contributed by atoms with Gasteiger partial charge in [-0.2, -0.15) is 15.2 Å². The molecule has 11 heteroatoms. The minimum Gasteiger partial charge on any atom is -0.439 e. The summed E-state index contributed by atoms with van der Waals surface area (Å²) in [5.41, 5.74) is 1.29. The van der Waals surface area contributed by atoms with E-state index >= 15 is 0 Å². The van der Waals surface area contributed by atoms with E-state index < -0.39 is 10.0 Å². The highest BCUT2D eigenvalue weighted by Crippen LogP contribution is 2.25. The van der Waals surface area contributed by atoms with Gasteiger partial charge in [0, 0.05) is 24.1 Å². The Hall–Kier alpha value is -3.73. The van der Waals surface area contributed by atoms with E-state index in [1.807, 2.05) is 0 Å². The third kappa shape index (κ3) is 4.01. The van der Waals surface area contributed by atoms with Crippen LogP contribution < -0.4 is 9.46 Å². The maximum absolute atomic E-state index is 12.6. The van der Waals surface area contributed by atoms with Crippen LogP contribution in [0.15, 0.2) is 53.7 Å². The number of benzene rings is 1. The quantitative estimate of drug-likeness (QED) is 0.486. The van der Waals surface area contributed by atoms with E-state index in [4.69, 9.17) is 4.74 Å². The molecule has 10 nitrogen and oxygen atoms in total. The first kappa shape index (κ1) is 19.6. The Morgan fingerprint density at radius 2 is 1.87 bits per heavy atom. The molecule has 0 amide bonds. The molecule has 2 N–H and O–H groups in total. The molecule has 154 valence electrons. The van der Waals surface area contributed by atoms with Crippen LogP contribution in [0.5, 0.6) is 11.6 Å². The van der Waals surface area contributed by atoms with Crippen LogP contribution in [-0.4, -0.2) is 38.4 Å². The van der Waals surface area contributed by atoms with Gasteiger partial charge in [0.1, 0.15) is 16.5 Å². The van der Waals surface area contributed by atoms with Crippen LogP contribution >= 0.6 is 0 Å². The predicted molar refractivity (Wildman–Crippen MR) is 109 cm³/mol. The van der Waals surface area contributed by atoms with E-state index in [0.717, 1.165) is 0 Å². The Kier molecular flexibility index (Phi) is 4.96.